The molecule has 0 amide bonds. The first-order valence-corrected chi connectivity index (χ1v) is 4.88. The fraction of sp³-hybridized carbons (Fsp3) is 0.455. The molecule has 0 spiro atoms. The van der Waals surface area contributed by atoms with Crippen LogP contribution in [0.4, 0.5) is 0 Å². The van der Waals surface area contributed by atoms with Crippen molar-refractivity contribution < 1.29 is 10.2 Å². The van der Waals surface area contributed by atoms with Gasteiger partial charge in [-0.1, -0.05) is 19.1 Å². The molecule has 0 unspecified atom stereocenters. The summed E-state index contributed by atoms with van der Waals surface area (Å²) in [6.07, 6.45) is 0.782. The Morgan fingerprint density at radius 1 is 1.29 bits per heavy atom. The highest BCUT2D eigenvalue weighted by Gasteiger charge is 2.06. The minimum absolute atomic E-state index is 0.101. The van der Waals surface area contributed by atoms with Crippen molar-refractivity contribution in [1.29, 1.82) is 0 Å². The molecule has 0 heterocycles. The molecule has 0 saturated carbocycles. The van der Waals surface area contributed by atoms with Gasteiger partial charge in [-0.15, -0.1) is 0 Å². The number of phenolic OH excluding ortho intramolecular Hbond substituents is 1. The Morgan fingerprint density at radius 3 is 2.43 bits per heavy atom. The van der Waals surface area contributed by atoms with E-state index in [-0.39, 0.29) is 18.4 Å². The van der Waals surface area contributed by atoms with E-state index in [1.165, 1.54) is 0 Å². The molecular weight excluding hydrogens is 178 g/mol. The molecule has 0 saturated heterocycles. The first-order valence-electron chi connectivity index (χ1n) is 4.88. The fourth-order valence-corrected chi connectivity index (χ4v) is 1.41. The molecule has 0 aliphatic carbocycles. The lowest BCUT2D eigenvalue weighted by Crippen LogP contribution is -2.34. The maximum atomic E-state index is 9.09. The van der Waals surface area contributed by atoms with Gasteiger partial charge in [0, 0.05) is 6.04 Å². The number of nitrogens with one attached hydrogen (secondary N) is 1. The molecule has 1 aromatic rings. The summed E-state index contributed by atoms with van der Waals surface area (Å²) in [7, 11) is 0. The Bertz CT molecular complexity index is 258. The molecule has 0 bridgehead atoms. The number of benzene rings is 1. The summed E-state index contributed by atoms with van der Waals surface area (Å²) in [6, 6.07) is 7.17. The van der Waals surface area contributed by atoms with Crippen molar-refractivity contribution >= 4 is 0 Å². The lowest BCUT2D eigenvalue weighted by Gasteiger charge is -2.14. The van der Waals surface area contributed by atoms with E-state index in [1.54, 1.807) is 12.1 Å². The van der Waals surface area contributed by atoms with Crippen molar-refractivity contribution in [3.05, 3.63) is 29.8 Å². The average Bonchev–Trinajstić information content (AvgIpc) is 2.20. The fourth-order valence-electron chi connectivity index (χ4n) is 1.41. The van der Waals surface area contributed by atoms with Crippen LogP contribution < -0.4 is 5.32 Å². The van der Waals surface area contributed by atoms with Crippen LogP contribution in [0.15, 0.2) is 24.3 Å². The van der Waals surface area contributed by atoms with Gasteiger partial charge in [0.2, 0.25) is 0 Å². The molecule has 78 valence electrons. The quantitative estimate of drug-likeness (QED) is 0.654. The lowest BCUT2D eigenvalue weighted by atomic mass is 10.1. The van der Waals surface area contributed by atoms with Crippen LogP contribution in [0, 0.1) is 0 Å². The van der Waals surface area contributed by atoms with Crippen molar-refractivity contribution in [2.24, 2.45) is 0 Å². The number of aliphatic hydroxyl groups is 1. The highest BCUT2D eigenvalue weighted by atomic mass is 16.3. The summed E-state index contributed by atoms with van der Waals surface area (Å²) in [5.41, 5.74) is 1.11. The van der Waals surface area contributed by atoms with Gasteiger partial charge in [-0.2, -0.15) is 0 Å². The molecule has 0 aliphatic heterocycles. The van der Waals surface area contributed by atoms with E-state index in [0.717, 1.165) is 18.5 Å². The van der Waals surface area contributed by atoms with Gasteiger partial charge in [-0.3, -0.25) is 0 Å². The highest BCUT2D eigenvalue weighted by Crippen LogP contribution is 2.11. The molecule has 1 rings (SSSR count). The molecule has 0 fully saturated rings. The van der Waals surface area contributed by atoms with E-state index in [2.05, 4.69) is 5.32 Å². The van der Waals surface area contributed by atoms with Crippen molar-refractivity contribution in [3.8, 4) is 5.75 Å². The number of aliphatic hydroxyl groups excluding tert-OH is 1. The van der Waals surface area contributed by atoms with Crippen molar-refractivity contribution in [1.82, 2.24) is 5.32 Å². The second-order valence-electron chi connectivity index (χ2n) is 3.31. The van der Waals surface area contributed by atoms with Crippen LogP contribution in [0.1, 0.15) is 12.5 Å². The van der Waals surface area contributed by atoms with Gasteiger partial charge in [-0.05, 0) is 30.7 Å². The zero-order valence-corrected chi connectivity index (χ0v) is 8.40. The van der Waals surface area contributed by atoms with Crippen LogP contribution in [0.25, 0.3) is 0 Å². The summed E-state index contributed by atoms with van der Waals surface area (Å²) in [5, 5.41) is 21.3. The van der Waals surface area contributed by atoms with Gasteiger partial charge < -0.3 is 15.5 Å². The van der Waals surface area contributed by atoms with Crippen LogP contribution in [0.5, 0.6) is 5.75 Å². The minimum Gasteiger partial charge on any atom is -0.508 e. The number of likely N-dealkylation sites (N-methyl/N-ethyl adjacent to an activating group) is 1. The standard InChI is InChI=1S/C11H17NO2/c1-2-12-10(8-13)7-9-3-5-11(14)6-4-9/h3-6,10,12-14H,2,7-8H2,1H3/t10-/m0/s1. The van der Waals surface area contributed by atoms with E-state index in [0.29, 0.717) is 0 Å². The van der Waals surface area contributed by atoms with E-state index >= 15 is 0 Å². The molecule has 14 heavy (non-hydrogen) atoms. The second-order valence-corrected chi connectivity index (χ2v) is 3.31. The van der Waals surface area contributed by atoms with Crippen molar-refractivity contribution in [2.75, 3.05) is 13.2 Å². The Labute approximate surface area is 84.4 Å². The third-order valence-corrected chi connectivity index (χ3v) is 2.13. The smallest absolute Gasteiger partial charge is 0.115 e. The van der Waals surface area contributed by atoms with E-state index < -0.39 is 0 Å². The van der Waals surface area contributed by atoms with E-state index in [9.17, 15) is 0 Å². The number of hydrogen-bond acceptors (Lipinski definition) is 3. The van der Waals surface area contributed by atoms with Gasteiger partial charge in [0.05, 0.1) is 6.61 Å². The number of phenols is 1. The van der Waals surface area contributed by atoms with E-state index in [4.69, 9.17) is 10.2 Å². The molecule has 0 aliphatic rings. The van der Waals surface area contributed by atoms with Crippen LogP contribution in [0.2, 0.25) is 0 Å². The SMILES string of the molecule is CCN[C@H](CO)Cc1ccc(O)cc1. The molecule has 3 nitrogen and oxygen atoms in total. The topological polar surface area (TPSA) is 52.5 Å². The second kappa shape index (κ2) is 5.62. The molecule has 1 aromatic carbocycles. The normalized spacial score (nSPS) is 12.7. The van der Waals surface area contributed by atoms with Gasteiger partial charge >= 0.3 is 0 Å². The van der Waals surface area contributed by atoms with Gasteiger partial charge in [0.25, 0.3) is 0 Å². The first kappa shape index (κ1) is 11.0. The first-order chi connectivity index (χ1) is 6.76. The molecule has 3 N–H and O–H groups in total. The Hall–Kier alpha value is -1.06. The molecule has 1 atom stereocenters. The molecule has 0 aromatic heterocycles. The summed E-state index contributed by atoms with van der Waals surface area (Å²) >= 11 is 0. The third-order valence-electron chi connectivity index (χ3n) is 2.13. The maximum absolute atomic E-state index is 9.09. The van der Waals surface area contributed by atoms with Gasteiger partial charge in [-0.25, -0.2) is 0 Å². The maximum Gasteiger partial charge on any atom is 0.115 e. The molecular formula is C11H17NO2. The molecule has 0 radical (unpaired) electrons. The van der Waals surface area contributed by atoms with Crippen molar-refractivity contribution in [3.63, 3.8) is 0 Å². The summed E-state index contributed by atoms with van der Waals surface area (Å²) in [6.45, 7) is 3.00. The average molecular weight is 195 g/mol. The van der Waals surface area contributed by atoms with Crippen LogP contribution >= 0.6 is 0 Å². The lowest BCUT2D eigenvalue weighted by molar-refractivity contribution is 0.243. The zero-order valence-electron chi connectivity index (χ0n) is 8.40. The van der Waals surface area contributed by atoms with E-state index in [1.807, 2.05) is 19.1 Å². The predicted molar refractivity (Wildman–Crippen MR) is 56.4 cm³/mol. The number of rotatable bonds is 5. The summed E-state index contributed by atoms with van der Waals surface area (Å²) in [4.78, 5) is 0. The van der Waals surface area contributed by atoms with Gasteiger partial charge in [0.1, 0.15) is 5.75 Å². The summed E-state index contributed by atoms with van der Waals surface area (Å²) < 4.78 is 0. The van der Waals surface area contributed by atoms with Gasteiger partial charge in [0.15, 0.2) is 0 Å². The summed E-state index contributed by atoms with van der Waals surface area (Å²) in [5.74, 6) is 0.276. The molecule has 3 heteroatoms. The van der Waals surface area contributed by atoms with Crippen LogP contribution in [-0.4, -0.2) is 29.4 Å². The highest BCUT2D eigenvalue weighted by molar-refractivity contribution is 5.26. The van der Waals surface area contributed by atoms with Crippen LogP contribution in [-0.2, 0) is 6.42 Å². The third kappa shape index (κ3) is 3.36. The minimum atomic E-state index is 0.101. The Balaban J connectivity index is 2.53. The Morgan fingerprint density at radius 2 is 1.93 bits per heavy atom. The number of hydrogen-bond donors (Lipinski definition) is 3. The van der Waals surface area contributed by atoms with Crippen LogP contribution in [0.3, 0.4) is 0 Å². The van der Waals surface area contributed by atoms with Crippen molar-refractivity contribution in [2.45, 2.75) is 19.4 Å². The Kier molecular flexibility index (Phi) is 4.43. The zero-order chi connectivity index (χ0) is 10.4. The monoisotopic (exact) mass is 195 g/mol. The largest absolute Gasteiger partial charge is 0.508 e. The number of aromatic hydroxyl groups is 1. The predicted octanol–water partition coefficient (Wildman–Crippen LogP) is 0.905.